The summed E-state index contributed by atoms with van der Waals surface area (Å²) in [5.41, 5.74) is 5.97. The number of rotatable bonds is 5. The van der Waals surface area contributed by atoms with E-state index in [0.29, 0.717) is 31.2 Å². The molecule has 0 spiro atoms. The molecule has 3 N–H and O–H groups in total. The fourth-order valence-electron chi connectivity index (χ4n) is 2.48. The SMILES string of the molecule is Cl.NCC(=O)NCC(=O)N1CCN(C(=O)Cc2ccccc2Cl)CC1. The third kappa shape index (κ3) is 6.19. The molecule has 1 aromatic rings. The Morgan fingerprint density at radius 3 is 2.16 bits per heavy atom. The lowest BCUT2D eigenvalue weighted by Gasteiger charge is -2.35. The Bertz CT molecular complexity index is 619. The van der Waals surface area contributed by atoms with Crippen LogP contribution in [0.4, 0.5) is 0 Å². The topological polar surface area (TPSA) is 95.7 Å². The molecule has 0 saturated carbocycles. The normalized spacial score (nSPS) is 13.8. The monoisotopic (exact) mass is 388 g/mol. The summed E-state index contributed by atoms with van der Waals surface area (Å²) in [5, 5.41) is 3.03. The summed E-state index contributed by atoms with van der Waals surface area (Å²) >= 11 is 6.08. The number of carbonyl (C=O) groups is 3. The molecule has 0 atom stereocenters. The highest BCUT2D eigenvalue weighted by Crippen LogP contribution is 2.16. The molecule has 3 amide bonds. The molecule has 0 aromatic heterocycles. The van der Waals surface area contributed by atoms with Gasteiger partial charge in [-0.3, -0.25) is 14.4 Å². The molecule has 25 heavy (non-hydrogen) atoms. The van der Waals surface area contributed by atoms with Crippen molar-refractivity contribution >= 4 is 41.7 Å². The maximum Gasteiger partial charge on any atom is 0.242 e. The molecule has 0 bridgehead atoms. The minimum atomic E-state index is -0.364. The molecule has 0 aliphatic carbocycles. The fraction of sp³-hybridized carbons (Fsp3) is 0.438. The molecule has 7 nitrogen and oxygen atoms in total. The van der Waals surface area contributed by atoms with Crippen LogP contribution >= 0.6 is 24.0 Å². The van der Waals surface area contributed by atoms with Gasteiger partial charge in [0, 0.05) is 31.2 Å². The van der Waals surface area contributed by atoms with Crippen LogP contribution in [0.1, 0.15) is 5.56 Å². The van der Waals surface area contributed by atoms with Gasteiger partial charge in [-0.25, -0.2) is 0 Å². The molecule has 1 aliphatic rings. The number of carbonyl (C=O) groups excluding carboxylic acids is 3. The summed E-state index contributed by atoms with van der Waals surface area (Å²) in [6.07, 6.45) is 0.250. The van der Waals surface area contributed by atoms with E-state index in [9.17, 15) is 14.4 Å². The molecular formula is C16H22Cl2N4O3. The summed E-state index contributed by atoms with van der Waals surface area (Å²) in [7, 11) is 0. The maximum atomic E-state index is 12.3. The van der Waals surface area contributed by atoms with Crippen LogP contribution in [0.25, 0.3) is 0 Å². The van der Waals surface area contributed by atoms with E-state index in [1.807, 2.05) is 18.2 Å². The summed E-state index contributed by atoms with van der Waals surface area (Å²) in [6, 6.07) is 7.27. The first-order valence-electron chi connectivity index (χ1n) is 7.77. The highest BCUT2D eigenvalue weighted by atomic mass is 35.5. The smallest absolute Gasteiger partial charge is 0.242 e. The zero-order chi connectivity index (χ0) is 17.5. The number of benzene rings is 1. The van der Waals surface area contributed by atoms with Gasteiger partial charge in [-0.15, -0.1) is 12.4 Å². The van der Waals surface area contributed by atoms with E-state index in [1.54, 1.807) is 15.9 Å². The van der Waals surface area contributed by atoms with E-state index in [1.165, 1.54) is 0 Å². The van der Waals surface area contributed by atoms with Gasteiger partial charge in [0.2, 0.25) is 17.7 Å². The Balaban J connectivity index is 0.00000312. The molecule has 1 saturated heterocycles. The van der Waals surface area contributed by atoms with Crippen molar-refractivity contribution in [3.63, 3.8) is 0 Å². The molecule has 0 radical (unpaired) electrons. The predicted molar refractivity (Wildman–Crippen MR) is 97.6 cm³/mol. The summed E-state index contributed by atoms with van der Waals surface area (Å²) < 4.78 is 0. The lowest BCUT2D eigenvalue weighted by molar-refractivity contribution is -0.139. The zero-order valence-corrected chi connectivity index (χ0v) is 15.3. The first-order valence-corrected chi connectivity index (χ1v) is 8.14. The molecule has 1 aliphatic heterocycles. The maximum absolute atomic E-state index is 12.3. The number of nitrogens with zero attached hydrogens (tertiary/aromatic N) is 2. The Morgan fingerprint density at radius 2 is 1.60 bits per heavy atom. The van der Waals surface area contributed by atoms with Gasteiger partial charge in [-0.05, 0) is 11.6 Å². The number of nitrogens with one attached hydrogen (secondary N) is 1. The van der Waals surface area contributed by atoms with Crippen molar-refractivity contribution in [2.45, 2.75) is 6.42 Å². The van der Waals surface area contributed by atoms with Gasteiger partial charge in [0.15, 0.2) is 0 Å². The molecular weight excluding hydrogens is 367 g/mol. The zero-order valence-electron chi connectivity index (χ0n) is 13.7. The van der Waals surface area contributed by atoms with Crippen molar-refractivity contribution in [1.29, 1.82) is 0 Å². The highest BCUT2D eigenvalue weighted by molar-refractivity contribution is 6.31. The van der Waals surface area contributed by atoms with Gasteiger partial charge in [-0.1, -0.05) is 29.8 Å². The Kier molecular flexibility index (Phi) is 8.68. The Hall–Kier alpha value is -1.83. The summed E-state index contributed by atoms with van der Waals surface area (Å²) in [4.78, 5) is 38.8. The van der Waals surface area contributed by atoms with E-state index in [4.69, 9.17) is 17.3 Å². The van der Waals surface area contributed by atoms with E-state index >= 15 is 0 Å². The van der Waals surface area contributed by atoms with Crippen LogP contribution in [0.3, 0.4) is 0 Å². The number of nitrogens with two attached hydrogens (primary N) is 1. The molecule has 1 fully saturated rings. The number of piperazine rings is 1. The average molecular weight is 389 g/mol. The van der Waals surface area contributed by atoms with Crippen LogP contribution in [-0.4, -0.2) is 66.8 Å². The Labute approximate surface area is 157 Å². The van der Waals surface area contributed by atoms with Crippen LogP contribution in [-0.2, 0) is 20.8 Å². The quantitative estimate of drug-likeness (QED) is 0.744. The van der Waals surface area contributed by atoms with E-state index in [-0.39, 0.29) is 49.6 Å². The second-order valence-corrected chi connectivity index (χ2v) is 5.92. The summed E-state index contributed by atoms with van der Waals surface area (Å²) in [5.74, 6) is -0.543. The molecule has 9 heteroatoms. The van der Waals surface area contributed by atoms with Crippen molar-refractivity contribution in [1.82, 2.24) is 15.1 Å². The minimum absolute atomic E-state index is 0. The van der Waals surface area contributed by atoms with Gasteiger partial charge in [0.1, 0.15) is 0 Å². The van der Waals surface area contributed by atoms with Crippen LogP contribution in [0.5, 0.6) is 0 Å². The van der Waals surface area contributed by atoms with Crippen molar-refractivity contribution in [3.8, 4) is 0 Å². The Morgan fingerprint density at radius 1 is 1.04 bits per heavy atom. The first-order chi connectivity index (χ1) is 11.5. The van der Waals surface area contributed by atoms with Crippen molar-refractivity contribution in [3.05, 3.63) is 34.9 Å². The number of hydrogen-bond acceptors (Lipinski definition) is 4. The predicted octanol–water partition coefficient (Wildman–Crippen LogP) is 0.0500. The van der Waals surface area contributed by atoms with Crippen molar-refractivity contribution in [2.24, 2.45) is 5.73 Å². The third-order valence-corrected chi connectivity index (χ3v) is 4.28. The largest absolute Gasteiger partial charge is 0.346 e. The number of hydrogen-bond donors (Lipinski definition) is 2. The molecule has 1 aromatic carbocycles. The average Bonchev–Trinajstić information content (AvgIpc) is 2.61. The van der Waals surface area contributed by atoms with E-state index in [0.717, 1.165) is 5.56 Å². The fourth-order valence-corrected chi connectivity index (χ4v) is 2.68. The van der Waals surface area contributed by atoms with E-state index < -0.39 is 0 Å². The molecule has 0 unspecified atom stereocenters. The van der Waals surface area contributed by atoms with Gasteiger partial charge < -0.3 is 20.9 Å². The van der Waals surface area contributed by atoms with Crippen LogP contribution < -0.4 is 11.1 Å². The van der Waals surface area contributed by atoms with Crippen LogP contribution in [0.15, 0.2) is 24.3 Å². The van der Waals surface area contributed by atoms with Gasteiger partial charge in [0.05, 0.1) is 19.5 Å². The van der Waals surface area contributed by atoms with Crippen molar-refractivity contribution < 1.29 is 14.4 Å². The number of halogens is 2. The van der Waals surface area contributed by atoms with E-state index in [2.05, 4.69) is 5.32 Å². The highest BCUT2D eigenvalue weighted by Gasteiger charge is 2.24. The van der Waals surface area contributed by atoms with Crippen LogP contribution in [0.2, 0.25) is 5.02 Å². The lowest BCUT2D eigenvalue weighted by atomic mass is 10.1. The molecule has 1 heterocycles. The molecule has 2 rings (SSSR count). The standard InChI is InChI=1S/C16H21ClN4O3.ClH/c17-13-4-2-1-3-12(13)9-15(23)20-5-7-21(8-6-20)16(24)11-19-14(22)10-18;/h1-4H,5-11,18H2,(H,19,22);1H. The number of amides is 3. The van der Waals surface area contributed by atoms with Crippen molar-refractivity contribution in [2.75, 3.05) is 39.3 Å². The second-order valence-electron chi connectivity index (χ2n) is 5.51. The third-order valence-electron chi connectivity index (χ3n) is 3.91. The molecule has 138 valence electrons. The first kappa shape index (κ1) is 21.2. The van der Waals surface area contributed by atoms with Gasteiger partial charge >= 0.3 is 0 Å². The minimum Gasteiger partial charge on any atom is -0.346 e. The lowest BCUT2D eigenvalue weighted by Crippen LogP contribution is -2.53. The van der Waals surface area contributed by atoms with Gasteiger partial charge in [-0.2, -0.15) is 0 Å². The van der Waals surface area contributed by atoms with Crippen LogP contribution in [0, 0.1) is 0 Å². The van der Waals surface area contributed by atoms with Gasteiger partial charge in [0.25, 0.3) is 0 Å². The second kappa shape index (κ2) is 10.2. The summed E-state index contributed by atoms with van der Waals surface area (Å²) in [6.45, 7) is 1.64.